The van der Waals surface area contributed by atoms with Gasteiger partial charge in [0.25, 0.3) is 11.6 Å². The predicted molar refractivity (Wildman–Crippen MR) is 116 cm³/mol. The lowest BCUT2D eigenvalue weighted by Crippen LogP contribution is -2.13. The van der Waals surface area contributed by atoms with E-state index in [0.717, 1.165) is 11.1 Å². The molecule has 11 heteroatoms. The van der Waals surface area contributed by atoms with E-state index in [1.165, 1.54) is 47.4 Å². The highest BCUT2D eigenvalue weighted by atomic mass is 32.2. The van der Waals surface area contributed by atoms with Crippen molar-refractivity contribution in [3.63, 3.8) is 0 Å². The van der Waals surface area contributed by atoms with Gasteiger partial charge >= 0.3 is 0 Å². The molecule has 0 radical (unpaired) electrons. The van der Waals surface area contributed by atoms with Gasteiger partial charge in [-0.15, -0.1) is 10.2 Å². The number of thioether (sulfide) groups is 1. The van der Waals surface area contributed by atoms with Gasteiger partial charge in [0, 0.05) is 23.4 Å². The van der Waals surface area contributed by atoms with E-state index in [1.807, 2.05) is 26.0 Å². The van der Waals surface area contributed by atoms with Gasteiger partial charge in [-0.3, -0.25) is 25.0 Å². The smallest absolute Gasteiger partial charge is 0.269 e. The summed E-state index contributed by atoms with van der Waals surface area (Å²) in [5.74, 6) is -0.483. The molecular weight excluding hydrogens is 426 g/mol. The van der Waals surface area contributed by atoms with Crippen LogP contribution in [0.3, 0.4) is 0 Å². The highest BCUT2D eigenvalue weighted by Gasteiger charge is 2.13. The van der Waals surface area contributed by atoms with Gasteiger partial charge in [0.1, 0.15) is 0 Å². The van der Waals surface area contributed by atoms with Crippen LogP contribution in [0.5, 0.6) is 0 Å². The minimum atomic E-state index is -0.507. The van der Waals surface area contributed by atoms with E-state index in [2.05, 4.69) is 20.8 Å². The van der Waals surface area contributed by atoms with Crippen LogP contribution in [0.1, 0.15) is 21.5 Å². The highest BCUT2D eigenvalue weighted by Crippen LogP contribution is 2.26. The van der Waals surface area contributed by atoms with Crippen molar-refractivity contribution in [2.75, 3.05) is 16.4 Å². The molecular formula is C19H17N5O4S2. The summed E-state index contributed by atoms with van der Waals surface area (Å²) in [5.41, 5.74) is 3.07. The summed E-state index contributed by atoms with van der Waals surface area (Å²) in [4.78, 5) is 34.5. The third kappa shape index (κ3) is 5.61. The number of nitrogens with zero attached hydrogens (tertiary/aromatic N) is 3. The largest absolute Gasteiger partial charge is 0.325 e. The van der Waals surface area contributed by atoms with E-state index in [0.29, 0.717) is 20.7 Å². The fourth-order valence-corrected chi connectivity index (χ4v) is 3.91. The number of nitro benzene ring substituents is 1. The first-order valence-electron chi connectivity index (χ1n) is 8.71. The van der Waals surface area contributed by atoms with Crippen LogP contribution in [0.15, 0.2) is 46.8 Å². The first-order valence-corrected chi connectivity index (χ1v) is 10.5. The number of amides is 2. The van der Waals surface area contributed by atoms with E-state index < -0.39 is 4.92 Å². The molecule has 3 rings (SSSR count). The van der Waals surface area contributed by atoms with Gasteiger partial charge in [-0.2, -0.15) is 0 Å². The van der Waals surface area contributed by atoms with Gasteiger partial charge in [-0.1, -0.05) is 29.2 Å². The summed E-state index contributed by atoms with van der Waals surface area (Å²) in [6.45, 7) is 3.91. The van der Waals surface area contributed by atoms with Crippen molar-refractivity contribution in [2.24, 2.45) is 0 Å². The van der Waals surface area contributed by atoms with Gasteiger partial charge in [-0.25, -0.2) is 0 Å². The van der Waals surface area contributed by atoms with Crippen molar-refractivity contribution in [3.05, 3.63) is 69.3 Å². The molecule has 2 amide bonds. The molecule has 0 saturated carbocycles. The monoisotopic (exact) mass is 443 g/mol. The fourth-order valence-electron chi connectivity index (χ4n) is 2.36. The first-order chi connectivity index (χ1) is 14.3. The Labute approximate surface area is 180 Å². The van der Waals surface area contributed by atoms with Crippen LogP contribution < -0.4 is 10.6 Å². The normalized spacial score (nSPS) is 10.5. The predicted octanol–water partition coefficient (Wildman–Crippen LogP) is 4.05. The van der Waals surface area contributed by atoms with Crippen LogP contribution in [0.4, 0.5) is 16.5 Å². The molecule has 2 N–H and O–H groups in total. The molecule has 9 nitrogen and oxygen atoms in total. The number of aryl methyl sites for hydroxylation is 2. The molecule has 0 unspecified atom stereocenters. The average molecular weight is 444 g/mol. The Balaban J connectivity index is 1.51. The number of non-ortho nitro benzene ring substituents is 1. The van der Waals surface area contributed by atoms with Crippen molar-refractivity contribution < 1.29 is 14.5 Å². The molecule has 1 heterocycles. The number of hydrogen-bond acceptors (Lipinski definition) is 8. The molecule has 0 atom stereocenters. The first kappa shape index (κ1) is 21.4. The quantitative estimate of drug-likeness (QED) is 0.244. The van der Waals surface area contributed by atoms with E-state index >= 15 is 0 Å². The van der Waals surface area contributed by atoms with Gasteiger partial charge in [0.05, 0.1) is 10.7 Å². The van der Waals surface area contributed by atoms with E-state index in [1.54, 1.807) is 6.07 Å². The molecule has 1 aromatic heterocycles. The molecule has 0 aliphatic heterocycles. The number of benzene rings is 2. The third-order valence-electron chi connectivity index (χ3n) is 4.08. The number of carbonyl (C=O) groups is 2. The molecule has 0 aliphatic rings. The van der Waals surface area contributed by atoms with Crippen molar-refractivity contribution in [1.82, 2.24) is 10.2 Å². The molecule has 2 aromatic carbocycles. The Morgan fingerprint density at radius 1 is 1.07 bits per heavy atom. The fraction of sp³-hybridized carbons (Fsp3) is 0.158. The number of anilines is 2. The topological polar surface area (TPSA) is 127 Å². The second-order valence-corrected chi connectivity index (χ2v) is 8.47. The Kier molecular flexibility index (Phi) is 6.75. The van der Waals surface area contributed by atoms with Crippen LogP contribution in [0.25, 0.3) is 0 Å². The lowest BCUT2D eigenvalue weighted by Gasteiger charge is -2.04. The Bertz CT molecular complexity index is 1100. The van der Waals surface area contributed by atoms with Crippen molar-refractivity contribution in [2.45, 2.75) is 18.2 Å². The minimum Gasteiger partial charge on any atom is -0.325 e. The van der Waals surface area contributed by atoms with E-state index in [9.17, 15) is 19.7 Å². The molecule has 0 fully saturated rings. The Morgan fingerprint density at radius 2 is 1.80 bits per heavy atom. The molecule has 0 spiro atoms. The molecule has 3 aromatic rings. The van der Waals surface area contributed by atoms with Crippen molar-refractivity contribution in [1.29, 1.82) is 0 Å². The number of hydrogen-bond donors (Lipinski definition) is 2. The van der Waals surface area contributed by atoms with Crippen molar-refractivity contribution >= 4 is 51.4 Å². The molecule has 0 bridgehead atoms. The molecule has 0 aliphatic carbocycles. The number of rotatable bonds is 7. The summed E-state index contributed by atoms with van der Waals surface area (Å²) >= 11 is 2.35. The summed E-state index contributed by atoms with van der Waals surface area (Å²) in [5, 5.41) is 24.2. The zero-order valence-corrected chi connectivity index (χ0v) is 17.7. The van der Waals surface area contributed by atoms with Gasteiger partial charge < -0.3 is 5.32 Å². The van der Waals surface area contributed by atoms with E-state index in [4.69, 9.17) is 0 Å². The summed E-state index contributed by atoms with van der Waals surface area (Å²) in [7, 11) is 0. The standard InChI is InChI=1S/C19H17N5O4S2/c1-11-3-4-13(9-12(11)2)17(26)21-18-22-23-19(30-18)29-10-16(25)20-14-5-7-15(8-6-14)24(27)28/h3-9H,10H2,1-2H3,(H,20,25)(H,21,22,26). The highest BCUT2D eigenvalue weighted by molar-refractivity contribution is 8.01. The van der Waals surface area contributed by atoms with E-state index in [-0.39, 0.29) is 23.3 Å². The maximum Gasteiger partial charge on any atom is 0.269 e. The lowest BCUT2D eigenvalue weighted by atomic mass is 10.1. The summed E-state index contributed by atoms with van der Waals surface area (Å²) < 4.78 is 0.532. The average Bonchev–Trinajstić information content (AvgIpc) is 3.16. The van der Waals surface area contributed by atoms with Gasteiger partial charge in [-0.05, 0) is 49.2 Å². The zero-order valence-electron chi connectivity index (χ0n) is 16.0. The van der Waals surface area contributed by atoms with Crippen LogP contribution >= 0.6 is 23.1 Å². The van der Waals surface area contributed by atoms with Crippen LogP contribution in [-0.4, -0.2) is 32.7 Å². The molecule has 30 heavy (non-hydrogen) atoms. The number of aromatic nitrogens is 2. The van der Waals surface area contributed by atoms with Gasteiger partial charge in [0.2, 0.25) is 11.0 Å². The van der Waals surface area contributed by atoms with Crippen LogP contribution in [-0.2, 0) is 4.79 Å². The minimum absolute atomic E-state index is 0.0494. The maximum absolute atomic E-state index is 12.3. The molecule has 154 valence electrons. The zero-order chi connectivity index (χ0) is 21.7. The summed E-state index contributed by atoms with van der Waals surface area (Å²) in [6, 6.07) is 11.0. The number of carbonyl (C=O) groups excluding carboxylic acids is 2. The Hall–Kier alpha value is -3.31. The SMILES string of the molecule is Cc1ccc(C(=O)Nc2nnc(SCC(=O)Nc3ccc([N+](=O)[O-])cc3)s2)cc1C. The van der Waals surface area contributed by atoms with Crippen LogP contribution in [0.2, 0.25) is 0 Å². The number of nitro groups is 1. The number of nitrogens with one attached hydrogen (secondary N) is 2. The lowest BCUT2D eigenvalue weighted by molar-refractivity contribution is -0.384. The maximum atomic E-state index is 12.3. The summed E-state index contributed by atoms with van der Waals surface area (Å²) in [6.07, 6.45) is 0. The van der Waals surface area contributed by atoms with Gasteiger partial charge in [0.15, 0.2) is 4.34 Å². The second kappa shape index (κ2) is 9.46. The van der Waals surface area contributed by atoms with Crippen molar-refractivity contribution in [3.8, 4) is 0 Å². The third-order valence-corrected chi connectivity index (χ3v) is 6.06. The Morgan fingerprint density at radius 3 is 2.47 bits per heavy atom. The van der Waals surface area contributed by atoms with Crippen LogP contribution in [0, 0.1) is 24.0 Å². The second-order valence-electron chi connectivity index (χ2n) is 6.27. The molecule has 0 saturated heterocycles.